The van der Waals surface area contributed by atoms with Crippen molar-refractivity contribution in [2.45, 2.75) is 45.7 Å². The molecule has 3 atom stereocenters. The molecule has 1 fully saturated rings. The van der Waals surface area contributed by atoms with Crippen molar-refractivity contribution in [2.75, 3.05) is 0 Å². The Hall–Kier alpha value is -1.26. The fourth-order valence-electron chi connectivity index (χ4n) is 3.12. The lowest BCUT2D eigenvalue weighted by Gasteiger charge is -2.33. The van der Waals surface area contributed by atoms with Crippen molar-refractivity contribution in [1.82, 2.24) is 5.32 Å². The molecule has 2 rings (SSSR count). The van der Waals surface area contributed by atoms with E-state index in [0.29, 0.717) is 22.5 Å². The predicted molar refractivity (Wildman–Crippen MR) is 86.8 cm³/mol. The van der Waals surface area contributed by atoms with Gasteiger partial charge in [0.2, 0.25) is 0 Å². The van der Waals surface area contributed by atoms with Crippen molar-refractivity contribution >= 4 is 17.4 Å². The van der Waals surface area contributed by atoms with Gasteiger partial charge in [-0.2, -0.15) is 0 Å². The Kier molecular flexibility index (Phi) is 5.48. The third kappa shape index (κ3) is 4.11. The van der Waals surface area contributed by atoms with E-state index in [4.69, 9.17) is 22.5 Å². The highest BCUT2D eigenvalue weighted by Gasteiger charge is 2.24. The smallest absolute Gasteiger partial charge is 0.170 e. The second-order valence-corrected chi connectivity index (χ2v) is 6.58. The highest BCUT2D eigenvalue weighted by Crippen LogP contribution is 2.29. The standard InChI is InChI=1S/C16H24ClN3O/c1-10-3-6-15(11(2)7-10)19-9-13-5-4-12(8-14(13)17)16(18)20-21/h4-5,8,10-11,15,19,21H,3,6-7,9H2,1-2H3,(H2,18,20). The molecule has 0 radical (unpaired) electrons. The molecule has 0 aliphatic heterocycles. The number of rotatable bonds is 4. The Bertz CT molecular complexity index is 518. The molecule has 0 saturated heterocycles. The normalized spacial score (nSPS) is 26.8. The minimum atomic E-state index is 0.0753. The van der Waals surface area contributed by atoms with E-state index in [-0.39, 0.29) is 5.84 Å². The zero-order valence-corrected chi connectivity index (χ0v) is 13.4. The van der Waals surface area contributed by atoms with Gasteiger partial charge in [-0.25, -0.2) is 0 Å². The van der Waals surface area contributed by atoms with Crippen LogP contribution in [-0.4, -0.2) is 17.1 Å². The Balaban J connectivity index is 1.97. The SMILES string of the molecule is CC1CCC(NCc2ccc(/C(N)=N/O)cc2Cl)C(C)C1. The molecule has 1 aliphatic carbocycles. The molecule has 3 unspecified atom stereocenters. The lowest BCUT2D eigenvalue weighted by atomic mass is 9.80. The molecule has 0 bridgehead atoms. The molecule has 1 aromatic carbocycles. The number of halogens is 1. The maximum absolute atomic E-state index is 8.68. The Morgan fingerprint density at radius 1 is 1.43 bits per heavy atom. The molecule has 4 N–H and O–H groups in total. The summed E-state index contributed by atoms with van der Waals surface area (Å²) >= 11 is 6.28. The summed E-state index contributed by atoms with van der Waals surface area (Å²) in [6, 6.07) is 6.05. The van der Waals surface area contributed by atoms with Gasteiger partial charge in [-0.05, 0) is 42.7 Å². The molecule has 0 spiro atoms. The Morgan fingerprint density at radius 3 is 2.81 bits per heavy atom. The van der Waals surface area contributed by atoms with Crippen LogP contribution in [-0.2, 0) is 6.54 Å². The van der Waals surface area contributed by atoms with Crippen LogP contribution in [0.15, 0.2) is 23.4 Å². The Morgan fingerprint density at radius 2 is 2.19 bits per heavy atom. The minimum absolute atomic E-state index is 0.0753. The van der Waals surface area contributed by atoms with Crippen LogP contribution < -0.4 is 11.1 Å². The summed E-state index contributed by atoms with van der Waals surface area (Å²) in [5.74, 6) is 1.61. The van der Waals surface area contributed by atoms with Crippen molar-refractivity contribution in [3.8, 4) is 0 Å². The van der Waals surface area contributed by atoms with Gasteiger partial charge in [0, 0.05) is 23.2 Å². The highest BCUT2D eigenvalue weighted by atomic mass is 35.5. The van der Waals surface area contributed by atoms with Gasteiger partial charge in [-0.3, -0.25) is 0 Å². The lowest BCUT2D eigenvalue weighted by Crippen LogP contribution is -2.38. The van der Waals surface area contributed by atoms with Gasteiger partial charge < -0.3 is 16.3 Å². The summed E-state index contributed by atoms with van der Waals surface area (Å²) < 4.78 is 0. The van der Waals surface area contributed by atoms with Gasteiger partial charge in [0.15, 0.2) is 5.84 Å². The number of amidine groups is 1. The molecule has 1 aliphatic rings. The minimum Gasteiger partial charge on any atom is -0.409 e. The van der Waals surface area contributed by atoms with E-state index < -0.39 is 0 Å². The van der Waals surface area contributed by atoms with Crippen LogP contribution in [0.25, 0.3) is 0 Å². The first-order valence-corrected chi connectivity index (χ1v) is 7.88. The fraction of sp³-hybridized carbons (Fsp3) is 0.562. The number of nitrogens with one attached hydrogen (secondary N) is 1. The molecule has 1 saturated carbocycles. The van der Waals surface area contributed by atoms with Crippen LogP contribution in [0.5, 0.6) is 0 Å². The number of hydrogen-bond donors (Lipinski definition) is 3. The van der Waals surface area contributed by atoms with Gasteiger partial charge >= 0.3 is 0 Å². The number of oxime groups is 1. The zero-order chi connectivity index (χ0) is 15.4. The van der Waals surface area contributed by atoms with Crippen LogP contribution >= 0.6 is 11.6 Å². The van der Waals surface area contributed by atoms with E-state index in [1.807, 2.05) is 12.1 Å². The molecular formula is C16H24ClN3O. The van der Waals surface area contributed by atoms with Crippen molar-refractivity contribution in [3.63, 3.8) is 0 Å². The molecule has 116 valence electrons. The van der Waals surface area contributed by atoms with E-state index in [0.717, 1.165) is 18.0 Å². The van der Waals surface area contributed by atoms with Crippen molar-refractivity contribution in [2.24, 2.45) is 22.7 Å². The maximum Gasteiger partial charge on any atom is 0.170 e. The molecule has 0 amide bonds. The summed E-state index contributed by atoms with van der Waals surface area (Å²) in [5.41, 5.74) is 7.23. The predicted octanol–water partition coefficient (Wildman–Crippen LogP) is 3.35. The third-order valence-corrected chi connectivity index (χ3v) is 4.79. The van der Waals surface area contributed by atoms with E-state index in [1.54, 1.807) is 6.07 Å². The molecule has 1 aromatic rings. The monoisotopic (exact) mass is 309 g/mol. The molecule has 0 aromatic heterocycles. The summed E-state index contributed by atoms with van der Waals surface area (Å²) in [4.78, 5) is 0. The van der Waals surface area contributed by atoms with Gasteiger partial charge in [0.1, 0.15) is 0 Å². The first kappa shape index (κ1) is 16.1. The van der Waals surface area contributed by atoms with Crippen molar-refractivity contribution in [3.05, 3.63) is 34.3 Å². The summed E-state index contributed by atoms with van der Waals surface area (Å²) in [5, 5.41) is 15.9. The van der Waals surface area contributed by atoms with E-state index in [9.17, 15) is 0 Å². The zero-order valence-electron chi connectivity index (χ0n) is 12.6. The third-order valence-electron chi connectivity index (χ3n) is 4.44. The molecule has 4 nitrogen and oxygen atoms in total. The lowest BCUT2D eigenvalue weighted by molar-refractivity contribution is 0.227. The van der Waals surface area contributed by atoms with Crippen LogP contribution in [0.1, 0.15) is 44.2 Å². The number of benzene rings is 1. The van der Waals surface area contributed by atoms with Crippen molar-refractivity contribution < 1.29 is 5.21 Å². The summed E-state index contributed by atoms with van der Waals surface area (Å²) in [6.07, 6.45) is 3.80. The van der Waals surface area contributed by atoms with Crippen LogP contribution in [0.2, 0.25) is 5.02 Å². The molecule has 5 heteroatoms. The topological polar surface area (TPSA) is 70.6 Å². The highest BCUT2D eigenvalue weighted by molar-refractivity contribution is 6.31. The second-order valence-electron chi connectivity index (χ2n) is 6.17. The van der Waals surface area contributed by atoms with E-state index in [1.165, 1.54) is 19.3 Å². The van der Waals surface area contributed by atoms with Gasteiger partial charge in [0.25, 0.3) is 0 Å². The molecular weight excluding hydrogens is 286 g/mol. The second kappa shape index (κ2) is 7.14. The first-order chi connectivity index (χ1) is 10.0. The van der Waals surface area contributed by atoms with Gasteiger partial charge in [-0.15, -0.1) is 0 Å². The van der Waals surface area contributed by atoms with E-state index >= 15 is 0 Å². The Labute approximate surface area is 131 Å². The van der Waals surface area contributed by atoms with Crippen LogP contribution in [0, 0.1) is 11.8 Å². The summed E-state index contributed by atoms with van der Waals surface area (Å²) in [7, 11) is 0. The number of nitrogens with two attached hydrogens (primary N) is 1. The largest absolute Gasteiger partial charge is 0.409 e. The summed E-state index contributed by atoms with van der Waals surface area (Å²) in [6.45, 7) is 5.39. The molecule has 0 heterocycles. The van der Waals surface area contributed by atoms with E-state index in [2.05, 4.69) is 24.3 Å². The number of hydrogen-bond acceptors (Lipinski definition) is 3. The van der Waals surface area contributed by atoms with Crippen LogP contribution in [0.3, 0.4) is 0 Å². The van der Waals surface area contributed by atoms with Crippen LogP contribution in [0.4, 0.5) is 0 Å². The first-order valence-electron chi connectivity index (χ1n) is 7.51. The maximum atomic E-state index is 8.68. The number of nitrogens with zero attached hydrogens (tertiary/aromatic N) is 1. The quantitative estimate of drug-likeness (QED) is 0.346. The average Bonchev–Trinajstić information content (AvgIpc) is 2.46. The van der Waals surface area contributed by atoms with Crippen molar-refractivity contribution in [1.29, 1.82) is 0 Å². The molecule has 21 heavy (non-hydrogen) atoms. The van der Waals surface area contributed by atoms with Gasteiger partial charge in [-0.1, -0.05) is 42.7 Å². The van der Waals surface area contributed by atoms with Gasteiger partial charge in [0.05, 0.1) is 0 Å². The fourth-order valence-corrected chi connectivity index (χ4v) is 3.36. The average molecular weight is 310 g/mol.